The fourth-order valence-corrected chi connectivity index (χ4v) is 6.10. The van der Waals surface area contributed by atoms with Crippen molar-refractivity contribution >= 4 is 44.6 Å². The normalized spacial score (nSPS) is 17.8. The highest BCUT2D eigenvalue weighted by atomic mass is 35.5. The van der Waals surface area contributed by atoms with E-state index in [4.69, 9.17) is 16.9 Å². The average molecular weight is 410 g/mol. The van der Waals surface area contributed by atoms with E-state index >= 15 is 0 Å². The zero-order valence-corrected chi connectivity index (χ0v) is 16.3. The van der Waals surface area contributed by atoms with Gasteiger partial charge in [-0.15, -0.1) is 11.3 Å². The third-order valence-electron chi connectivity index (χ3n) is 4.14. The third kappa shape index (κ3) is 3.62. The number of anilines is 1. The summed E-state index contributed by atoms with van der Waals surface area (Å²) < 4.78 is 27.2. The Bertz CT molecular complexity index is 995. The maximum Gasteiger partial charge on any atom is 0.253 e. The van der Waals surface area contributed by atoms with Crippen molar-refractivity contribution in [3.05, 3.63) is 45.8 Å². The number of thiophene rings is 1. The SMILES string of the molecule is Cc1ccc(S(=O)(=O)N2CCCC2C(=O)Nc2ccc(Cl)c(C#N)c2)s1. The van der Waals surface area contributed by atoms with E-state index in [1.165, 1.54) is 27.8 Å². The van der Waals surface area contributed by atoms with Gasteiger partial charge in [-0.1, -0.05) is 11.6 Å². The minimum Gasteiger partial charge on any atom is -0.325 e. The molecule has 1 unspecified atom stereocenters. The fraction of sp³-hybridized carbons (Fsp3) is 0.294. The van der Waals surface area contributed by atoms with Crippen LogP contribution >= 0.6 is 22.9 Å². The second-order valence-electron chi connectivity index (χ2n) is 5.93. The minimum atomic E-state index is -3.71. The zero-order chi connectivity index (χ0) is 18.9. The van der Waals surface area contributed by atoms with Crippen LogP contribution in [0.4, 0.5) is 5.69 Å². The predicted molar refractivity (Wildman–Crippen MR) is 101 cm³/mol. The number of sulfonamides is 1. The number of amides is 1. The molecule has 1 saturated heterocycles. The van der Waals surface area contributed by atoms with Crippen LogP contribution in [0.25, 0.3) is 0 Å². The summed E-state index contributed by atoms with van der Waals surface area (Å²) in [5.41, 5.74) is 0.654. The molecule has 0 spiro atoms. The summed E-state index contributed by atoms with van der Waals surface area (Å²) in [5, 5.41) is 12.0. The molecule has 2 aromatic rings. The van der Waals surface area contributed by atoms with Gasteiger partial charge in [0.1, 0.15) is 16.3 Å². The number of nitriles is 1. The maximum absolute atomic E-state index is 12.9. The van der Waals surface area contributed by atoms with Gasteiger partial charge >= 0.3 is 0 Å². The Morgan fingerprint density at radius 2 is 2.15 bits per heavy atom. The summed E-state index contributed by atoms with van der Waals surface area (Å²) in [6.07, 6.45) is 1.07. The summed E-state index contributed by atoms with van der Waals surface area (Å²) in [5.74, 6) is -0.412. The number of hydrogen-bond donors (Lipinski definition) is 1. The lowest BCUT2D eigenvalue weighted by atomic mass is 10.2. The molecule has 6 nitrogen and oxygen atoms in total. The number of nitrogens with one attached hydrogen (secondary N) is 1. The first-order valence-corrected chi connectivity index (χ1v) is 10.5. The quantitative estimate of drug-likeness (QED) is 0.838. The molecule has 9 heteroatoms. The van der Waals surface area contributed by atoms with Crippen molar-refractivity contribution in [2.75, 3.05) is 11.9 Å². The first kappa shape index (κ1) is 18.9. The smallest absolute Gasteiger partial charge is 0.253 e. The number of carbonyl (C=O) groups excluding carboxylic acids is 1. The van der Waals surface area contributed by atoms with Gasteiger partial charge < -0.3 is 5.32 Å². The van der Waals surface area contributed by atoms with Crippen molar-refractivity contribution in [3.63, 3.8) is 0 Å². The first-order chi connectivity index (χ1) is 12.3. The Kier molecular flexibility index (Phi) is 5.34. The molecule has 0 bridgehead atoms. The number of rotatable bonds is 4. The van der Waals surface area contributed by atoms with E-state index in [1.54, 1.807) is 18.2 Å². The molecule has 1 aliphatic heterocycles. The highest BCUT2D eigenvalue weighted by Crippen LogP contribution is 2.31. The van der Waals surface area contributed by atoms with Crippen molar-refractivity contribution in [3.8, 4) is 6.07 Å². The lowest BCUT2D eigenvalue weighted by Crippen LogP contribution is -2.42. The second-order valence-corrected chi connectivity index (χ2v) is 9.75. The van der Waals surface area contributed by atoms with Crippen molar-refractivity contribution in [2.45, 2.75) is 30.0 Å². The number of benzene rings is 1. The average Bonchev–Trinajstić information content (AvgIpc) is 3.26. The van der Waals surface area contributed by atoms with Crippen LogP contribution < -0.4 is 5.32 Å². The van der Waals surface area contributed by atoms with E-state index in [2.05, 4.69) is 5.32 Å². The van der Waals surface area contributed by atoms with Crippen LogP contribution in [0.2, 0.25) is 5.02 Å². The topological polar surface area (TPSA) is 90.3 Å². The number of halogens is 1. The van der Waals surface area contributed by atoms with Gasteiger partial charge in [0.15, 0.2) is 0 Å². The van der Waals surface area contributed by atoms with Crippen molar-refractivity contribution in [1.29, 1.82) is 5.26 Å². The van der Waals surface area contributed by atoms with E-state index < -0.39 is 22.0 Å². The van der Waals surface area contributed by atoms with Crippen LogP contribution in [0.15, 0.2) is 34.5 Å². The molecule has 1 N–H and O–H groups in total. The molecular formula is C17H16ClN3O3S2. The van der Waals surface area contributed by atoms with Gasteiger partial charge in [0, 0.05) is 17.1 Å². The molecule has 1 aromatic heterocycles. The van der Waals surface area contributed by atoms with Crippen LogP contribution in [-0.2, 0) is 14.8 Å². The van der Waals surface area contributed by atoms with Gasteiger partial charge in [-0.25, -0.2) is 8.42 Å². The minimum absolute atomic E-state index is 0.243. The Labute approximate surface area is 161 Å². The molecule has 0 radical (unpaired) electrons. The molecule has 1 aliphatic rings. The van der Waals surface area contributed by atoms with Gasteiger partial charge in [0.05, 0.1) is 10.6 Å². The van der Waals surface area contributed by atoms with Gasteiger partial charge in [-0.2, -0.15) is 9.57 Å². The van der Waals surface area contributed by atoms with Gasteiger partial charge in [0.2, 0.25) is 5.91 Å². The number of aryl methyl sites for hydroxylation is 1. The van der Waals surface area contributed by atoms with Crippen LogP contribution in [0.5, 0.6) is 0 Å². The Balaban J connectivity index is 1.82. The molecule has 2 heterocycles. The molecule has 1 atom stereocenters. The maximum atomic E-state index is 12.9. The monoisotopic (exact) mass is 409 g/mol. The van der Waals surface area contributed by atoms with Gasteiger partial charge in [-0.3, -0.25) is 4.79 Å². The Morgan fingerprint density at radius 3 is 2.81 bits per heavy atom. The first-order valence-electron chi connectivity index (χ1n) is 7.92. The summed E-state index contributed by atoms with van der Waals surface area (Å²) in [4.78, 5) is 13.6. The second kappa shape index (κ2) is 7.37. The molecule has 26 heavy (non-hydrogen) atoms. The molecule has 0 saturated carbocycles. The molecule has 1 fully saturated rings. The van der Waals surface area contributed by atoms with E-state index in [0.29, 0.717) is 30.1 Å². The summed E-state index contributed by atoms with van der Waals surface area (Å²) >= 11 is 7.08. The summed E-state index contributed by atoms with van der Waals surface area (Å²) in [6.45, 7) is 2.15. The lowest BCUT2D eigenvalue weighted by Gasteiger charge is -2.22. The van der Waals surface area contributed by atoms with Crippen LogP contribution in [0, 0.1) is 18.3 Å². The Hall–Kier alpha value is -1.92. The molecule has 1 amide bonds. The molecule has 3 rings (SSSR count). The number of nitrogens with zero attached hydrogens (tertiary/aromatic N) is 2. The lowest BCUT2D eigenvalue weighted by molar-refractivity contribution is -0.119. The Morgan fingerprint density at radius 1 is 1.38 bits per heavy atom. The number of hydrogen-bond acceptors (Lipinski definition) is 5. The van der Waals surface area contributed by atoms with Gasteiger partial charge in [-0.05, 0) is 50.1 Å². The predicted octanol–water partition coefficient (Wildman–Crippen LogP) is 3.37. The van der Waals surface area contributed by atoms with Crippen molar-refractivity contribution in [2.24, 2.45) is 0 Å². The van der Waals surface area contributed by atoms with Crippen LogP contribution in [-0.4, -0.2) is 31.2 Å². The molecule has 0 aliphatic carbocycles. The summed E-state index contributed by atoms with van der Waals surface area (Å²) in [7, 11) is -3.71. The van der Waals surface area contributed by atoms with Crippen LogP contribution in [0.1, 0.15) is 23.3 Å². The fourth-order valence-electron chi connectivity index (χ4n) is 2.87. The van der Waals surface area contributed by atoms with Gasteiger partial charge in [0.25, 0.3) is 10.0 Å². The van der Waals surface area contributed by atoms with E-state index in [9.17, 15) is 13.2 Å². The molecular weight excluding hydrogens is 394 g/mol. The number of carbonyl (C=O) groups is 1. The summed E-state index contributed by atoms with van der Waals surface area (Å²) in [6, 6.07) is 9.06. The zero-order valence-electron chi connectivity index (χ0n) is 13.9. The standard InChI is InChI=1S/C17H16ClN3O3S2/c1-11-4-7-16(25-11)26(23,24)21-8-2-3-15(21)17(22)20-13-5-6-14(18)12(9-13)10-19/h4-7,9,15H,2-3,8H2,1H3,(H,20,22). The third-order valence-corrected chi connectivity index (χ3v) is 7.85. The molecule has 1 aromatic carbocycles. The largest absolute Gasteiger partial charge is 0.325 e. The van der Waals surface area contributed by atoms with Crippen LogP contribution in [0.3, 0.4) is 0 Å². The molecule has 136 valence electrons. The van der Waals surface area contributed by atoms with E-state index in [1.807, 2.05) is 13.0 Å². The highest BCUT2D eigenvalue weighted by Gasteiger charge is 2.40. The van der Waals surface area contributed by atoms with Crippen molar-refractivity contribution in [1.82, 2.24) is 4.31 Å². The van der Waals surface area contributed by atoms with E-state index in [0.717, 1.165) is 4.88 Å². The highest BCUT2D eigenvalue weighted by molar-refractivity contribution is 7.91. The van der Waals surface area contributed by atoms with Crippen molar-refractivity contribution < 1.29 is 13.2 Å². The van der Waals surface area contributed by atoms with E-state index in [-0.39, 0.29) is 9.77 Å².